The van der Waals surface area contributed by atoms with Crippen molar-refractivity contribution in [2.75, 3.05) is 19.0 Å². The third-order valence-electron chi connectivity index (χ3n) is 2.74. The van der Waals surface area contributed by atoms with E-state index in [1.165, 1.54) is 18.7 Å². The zero-order chi connectivity index (χ0) is 15.0. The highest BCUT2D eigenvalue weighted by molar-refractivity contribution is 5.57. The molecule has 0 unspecified atom stereocenters. The Morgan fingerprint density at radius 2 is 1.60 bits per heavy atom. The Morgan fingerprint density at radius 3 is 2.15 bits per heavy atom. The number of anilines is 1. The van der Waals surface area contributed by atoms with Gasteiger partial charge in [-0.1, -0.05) is 48.1 Å². The van der Waals surface area contributed by atoms with Crippen molar-refractivity contribution in [2.24, 2.45) is 0 Å². The zero-order valence-corrected chi connectivity index (χ0v) is 12.6. The highest BCUT2D eigenvalue weighted by atomic mass is 19.1. The Balaban J connectivity index is 2.65. The molecule has 0 aliphatic rings. The molecule has 1 aromatic rings. The molecule has 0 aliphatic heterocycles. The van der Waals surface area contributed by atoms with Crippen LogP contribution >= 0.6 is 0 Å². The van der Waals surface area contributed by atoms with Crippen LogP contribution in [0.25, 0.3) is 6.08 Å². The van der Waals surface area contributed by atoms with Gasteiger partial charge in [0.15, 0.2) is 0 Å². The van der Waals surface area contributed by atoms with Crippen molar-refractivity contribution in [3.63, 3.8) is 0 Å². The molecule has 0 aliphatic carbocycles. The molecule has 0 N–H and O–H groups in total. The molecule has 0 amide bonds. The maximum Gasteiger partial charge on any atom is 0.0968 e. The normalized spacial score (nSPS) is 13.4. The smallest absolute Gasteiger partial charge is 0.0968 e. The predicted octanol–water partition coefficient (Wildman–Crippen LogP) is 5.14. The van der Waals surface area contributed by atoms with E-state index in [-0.39, 0.29) is 5.83 Å². The molecule has 0 atom stereocenters. The molecular weight excluding hydrogens is 249 g/mol. The Hall–Kier alpha value is -2.09. The average molecular weight is 271 g/mol. The first-order valence-electron chi connectivity index (χ1n) is 6.62. The molecule has 0 aromatic heterocycles. The first kappa shape index (κ1) is 16.0. The van der Waals surface area contributed by atoms with Crippen LogP contribution in [0.5, 0.6) is 0 Å². The summed E-state index contributed by atoms with van der Waals surface area (Å²) in [4.78, 5) is 2.07. The summed E-state index contributed by atoms with van der Waals surface area (Å²) >= 11 is 0. The minimum absolute atomic E-state index is 0.191. The van der Waals surface area contributed by atoms with Gasteiger partial charge in [0.05, 0.1) is 5.83 Å². The van der Waals surface area contributed by atoms with E-state index in [1.807, 2.05) is 39.2 Å². The summed E-state index contributed by atoms with van der Waals surface area (Å²) < 4.78 is 12.5. The van der Waals surface area contributed by atoms with Gasteiger partial charge in [0, 0.05) is 19.8 Å². The van der Waals surface area contributed by atoms with Crippen LogP contribution in [0.15, 0.2) is 66.0 Å². The topological polar surface area (TPSA) is 3.24 Å². The molecule has 0 saturated carbocycles. The Kier molecular flexibility index (Phi) is 6.51. The predicted molar refractivity (Wildman–Crippen MR) is 87.6 cm³/mol. The van der Waals surface area contributed by atoms with Crippen LogP contribution in [-0.2, 0) is 0 Å². The van der Waals surface area contributed by atoms with Gasteiger partial charge in [0.2, 0.25) is 0 Å². The number of hydrogen-bond acceptors (Lipinski definition) is 1. The van der Waals surface area contributed by atoms with Crippen molar-refractivity contribution in [1.29, 1.82) is 0 Å². The van der Waals surface area contributed by atoms with Crippen LogP contribution in [0.4, 0.5) is 10.1 Å². The monoisotopic (exact) mass is 271 g/mol. The molecule has 0 radical (unpaired) electrons. The van der Waals surface area contributed by atoms with Gasteiger partial charge in [-0.05, 0) is 37.6 Å². The Bertz CT molecular complexity index is 527. The van der Waals surface area contributed by atoms with Gasteiger partial charge in [-0.15, -0.1) is 0 Å². The van der Waals surface area contributed by atoms with Crippen LogP contribution < -0.4 is 4.90 Å². The van der Waals surface area contributed by atoms with Gasteiger partial charge >= 0.3 is 0 Å². The first-order chi connectivity index (χ1) is 9.49. The molecule has 1 rings (SSSR count). The highest BCUT2D eigenvalue weighted by Gasteiger charge is 1.93. The van der Waals surface area contributed by atoms with Crippen molar-refractivity contribution >= 4 is 11.8 Å². The van der Waals surface area contributed by atoms with Gasteiger partial charge < -0.3 is 4.90 Å². The second-order valence-electron chi connectivity index (χ2n) is 4.87. The van der Waals surface area contributed by atoms with E-state index in [1.54, 1.807) is 6.08 Å². The second-order valence-corrected chi connectivity index (χ2v) is 4.87. The van der Waals surface area contributed by atoms with Crippen LogP contribution in [0, 0.1) is 0 Å². The van der Waals surface area contributed by atoms with Gasteiger partial charge in [-0.3, -0.25) is 0 Å². The van der Waals surface area contributed by atoms with E-state index in [4.69, 9.17) is 0 Å². The van der Waals surface area contributed by atoms with Crippen molar-refractivity contribution in [1.82, 2.24) is 0 Å². The van der Waals surface area contributed by atoms with E-state index >= 15 is 0 Å². The van der Waals surface area contributed by atoms with Gasteiger partial charge in [0.25, 0.3) is 0 Å². The van der Waals surface area contributed by atoms with E-state index in [9.17, 15) is 4.39 Å². The summed E-state index contributed by atoms with van der Waals surface area (Å²) in [5, 5.41) is 0. The molecule has 2 heteroatoms. The van der Waals surface area contributed by atoms with Crippen LogP contribution in [-0.4, -0.2) is 14.1 Å². The fraction of sp³-hybridized carbons (Fsp3) is 0.222. The highest BCUT2D eigenvalue weighted by Crippen LogP contribution is 2.13. The summed E-state index contributed by atoms with van der Waals surface area (Å²) in [7, 11) is 4.05. The van der Waals surface area contributed by atoms with Crippen molar-refractivity contribution in [3.8, 4) is 0 Å². The zero-order valence-electron chi connectivity index (χ0n) is 12.6. The summed E-state index contributed by atoms with van der Waals surface area (Å²) in [6.45, 7) is 3.44. The number of benzene rings is 1. The summed E-state index contributed by atoms with van der Waals surface area (Å²) in [6, 6.07) is 8.36. The lowest BCUT2D eigenvalue weighted by atomic mass is 10.1. The quantitative estimate of drug-likeness (QED) is 0.670. The molecule has 20 heavy (non-hydrogen) atoms. The summed E-state index contributed by atoms with van der Waals surface area (Å²) in [6.07, 6.45) is 11.0. The third kappa shape index (κ3) is 6.19. The van der Waals surface area contributed by atoms with Crippen LogP contribution in [0.2, 0.25) is 0 Å². The number of halogens is 1. The van der Waals surface area contributed by atoms with Crippen molar-refractivity contribution < 1.29 is 4.39 Å². The van der Waals surface area contributed by atoms with E-state index in [0.717, 1.165) is 11.1 Å². The van der Waals surface area contributed by atoms with E-state index in [2.05, 4.69) is 35.2 Å². The summed E-state index contributed by atoms with van der Waals surface area (Å²) in [5.74, 6) is -0.191. The molecule has 0 spiro atoms. The summed E-state index contributed by atoms with van der Waals surface area (Å²) in [5.41, 5.74) is 3.46. The molecule has 0 fully saturated rings. The molecule has 1 nitrogen and oxygen atoms in total. The van der Waals surface area contributed by atoms with Gasteiger partial charge in [-0.2, -0.15) is 0 Å². The Morgan fingerprint density at radius 1 is 1.00 bits per heavy atom. The minimum atomic E-state index is -0.191. The Labute approximate surface area is 121 Å². The lowest BCUT2D eigenvalue weighted by molar-refractivity contribution is 0.640. The minimum Gasteiger partial charge on any atom is -0.378 e. The van der Waals surface area contributed by atoms with Gasteiger partial charge in [0.1, 0.15) is 0 Å². The molecule has 106 valence electrons. The average Bonchev–Trinajstić information content (AvgIpc) is 2.41. The van der Waals surface area contributed by atoms with Crippen LogP contribution in [0.1, 0.15) is 19.4 Å². The molecule has 0 heterocycles. The lowest BCUT2D eigenvalue weighted by Crippen LogP contribution is -2.07. The SMILES string of the molecule is CC(F)=CC=CC=C(C)C=Cc1ccc(N(C)C)cc1. The number of nitrogens with zero attached hydrogens (tertiary/aromatic N) is 1. The molecule has 0 bridgehead atoms. The van der Waals surface area contributed by atoms with E-state index in [0.29, 0.717) is 0 Å². The largest absolute Gasteiger partial charge is 0.378 e. The third-order valence-corrected chi connectivity index (χ3v) is 2.74. The number of allylic oxidation sites excluding steroid dienone is 7. The number of rotatable bonds is 5. The molecule has 0 saturated heterocycles. The fourth-order valence-electron chi connectivity index (χ4n) is 1.56. The van der Waals surface area contributed by atoms with E-state index < -0.39 is 0 Å². The first-order valence-corrected chi connectivity index (χ1v) is 6.62. The standard InChI is InChI=1S/C18H22FN/c1-15(7-5-6-8-16(2)19)9-10-17-11-13-18(14-12-17)20(3)4/h5-14H,1-4H3. The molecule has 1 aromatic carbocycles. The molecular formula is C18H22FN. The van der Waals surface area contributed by atoms with Crippen molar-refractivity contribution in [3.05, 3.63) is 71.6 Å². The maximum absolute atomic E-state index is 12.5. The fourth-order valence-corrected chi connectivity index (χ4v) is 1.56. The van der Waals surface area contributed by atoms with Gasteiger partial charge in [-0.25, -0.2) is 4.39 Å². The lowest BCUT2D eigenvalue weighted by Gasteiger charge is -2.11. The van der Waals surface area contributed by atoms with Crippen LogP contribution in [0.3, 0.4) is 0 Å². The maximum atomic E-state index is 12.5. The second kappa shape index (κ2) is 8.16. The number of hydrogen-bond donors (Lipinski definition) is 0. The van der Waals surface area contributed by atoms with Crippen molar-refractivity contribution in [2.45, 2.75) is 13.8 Å².